The Labute approximate surface area is 242 Å². The number of unbranched alkanes of at least 4 members (excludes halogenated alkanes) is 6. The molecule has 0 fully saturated rings. The summed E-state index contributed by atoms with van der Waals surface area (Å²) in [5.74, 6) is 1.09. The van der Waals surface area contributed by atoms with E-state index >= 15 is 0 Å². The Balaban J connectivity index is 1.50. The van der Waals surface area contributed by atoms with Gasteiger partial charge in [-0.05, 0) is 64.1 Å². The largest absolute Gasteiger partial charge is 0.399 e. The molecule has 2 nitrogen and oxygen atoms in total. The fourth-order valence-corrected chi connectivity index (χ4v) is 5.82. The average Bonchev–Trinajstić information content (AvgIpc) is 2.99. The highest BCUT2D eigenvalue weighted by Gasteiger charge is 2.17. The minimum absolute atomic E-state index is 0.338. The van der Waals surface area contributed by atoms with Gasteiger partial charge in [0.15, 0.2) is 0 Å². The first-order chi connectivity index (χ1) is 19.5. The SMILES string of the molecule is CCCCCCCCCC(c1ccc(C(C)c2ccc(N)cc2)cc1)c1ccc(C(C)c2ccc(N)cc2)cc1. The monoisotopic (exact) mass is 532 g/mol. The zero-order chi connectivity index (χ0) is 28.3. The Kier molecular flexibility index (Phi) is 10.9. The van der Waals surface area contributed by atoms with Crippen LogP contribution in [0.1, 0.15) is 123 Å². The maximum absolute atomic E-state index is 5.91. The van der Waals surface area contributed by atoms with Crippen LogP contribution in [0.4, 0.5) is 11.4 Å². The first-order valence-corrected chi connectivity index (χ1v) is 15.4. The Morgan fingerprint density at radius 2 is 0.725 bits per heavy atom. The third kappa shape index (κ3) is 8.01. The van der Waals surface area contributed by atoms with Gasteiger partial charge in [0.2, 0.25) is 0 Å². The van der Waals surface area contributed by atoms with E-state index in [0.717, 1.165) is 11.4 Å². The zero-order valence-electron chi connectivity index (χ0n) is 24.8. The van der Waals surface area contributed by atoms with Crippen molar-refractivity contribution in [3.8, 4) is 0 Å². The van der Waals surface area contributed by atoms with Crippen LogP contribution in [0.2, 0.25) is 0 Å². The summed E-state index contributed by atoms with van der Waals surface area (Å²) in [6, 6.07) is 35.3. The average molecular weight is 533 g/mol. The predicted octanol–water partition coefficient (Wildman–Crippen LogP) is 10.4. The lowest BCUT2D eigenvalue weighted by Gasteiger charge is -2.21. The summed E-state index contributed by atoms with van der Waals surface area (Å²) in [5.41, 5.74) is 21.6. The molecule has 2 atom stereocenters. The molecule has 2 heteroatoms. The number of hydrogen-bond acceptors (Lipinski definition) is 2. The minimum atomic E-state index is 0.338. The molecule has 4 aromatic rings. The maximum Gasteiger partial charge on any atom is 0.0314 e. The predicted molar refractivity (Wildman–Crippen MR) is 174 cm³/mol. The quantitative estimate of drug-likeness (QED) is 0.125. The second kappa shape index (κ2) is 14.7. The van der Waals surface area contributed by atoms with Crippen molar-refractivity contribution in [2.24, 2.45) is 0 Å². The Bertz CT molecular complexity index is 1180. The van der Waals surface area contributed by atoms with Crippen molar-refractivity contribution in [1.29, 1.82) is 0 Å². The number of benzene rings is 4. The molecule has 0 aliphatic carbocycles. The summed E-state index contributed by atoms with van der Waals surface area (Å²) in [7, 11) is 0. The van der Waals surface area contributed by atoms with Crippen LogP contribution in [0.15, 0.2) is 97.1 Å². The van der Waals surface area contributed by atoms with Crippen molar-refractivity contribution in [3.05, 3.63) is 130 Å². The van der Waals surface area contributed by atoms with Gasteiger partial charge in [0, 0.05) is 29.1 Å². The molecule has 0 radical (unpaired) electrons. The highest BCUT2D eigenvalue weighted by Crippen LogP contribution is 2.34. The lowest BCUT2D eigenvalue weighted by atomic mass is 9.83. The van der Waals surface area contributed by atoms with Gasteiger partial charge >= 0.3 is 0 Å². The third-order valence-electron chi connectivity index (χ3n) is 8.65. The molecular formula is C38H48N2. The highest BCUT2D eigenvalue weighted by molar-refractivity contribution is 5.45. The zero-order valence-corrected chi connectivity index (χ0v) is 24.8. The third-order valence-corrected chi connectivity index (χ3v) is 8.65. The van der Waals surface area contributed by atoms with Gasteiger partial charge in [-0.3, -0.25) is 0 Å². The van der Waals surface area contributed by atoms with Gasteiger partial charge in [-0.25, -0.2) is 0 Å². The molecule has 4 aromatic carbocycles. The van der Waals surface area contributed by atoms with Gasteiger partial charge in [0.1, 0.15) is 0 Å². The first-order valence-electron chi connectivity index (χ1n) is 15.4. The lowest BCUT2D eigenvalue weighted by molar-refractivity contribution is 0.558. The number of rotatable bonds is 14. The molecule has 2 unspecified atom stereocenters. The second-order valence-corrected chi connectivity index (χ2v) is 11.6. The molecule has 4 N–H and O–H groups in total. The molecule has 0 heterocycles. The van der Waals surface area contributed by atoms with Crippen LogP contribution in [0.3, 0.4) is 0 Å². The van der Waals surface area contributed by atoms with E-state index in [1.54, 1.807) is 0 Å². The van der Waals surface area contributed by atoms with E-state index in [4.69, 9.17) is 11.5 Å². The van der Waals surface area contributed by atoms with E-state index in [1.165, 1.54) is 84.7 Å². The number of nitrogen functional groups attached to an aromatic ring is 2. The summed E-state index contributed by atoms with van der Waals surface area (Å²) in [4.78, 5) is 0. The molecular weight excluding hydrogens is 484 g/mol. The van der Waals surface area contributed by atoms with Gasteiger partial charge in [-0.2, -0.15) is 0 Å². The van der Waals surface area contributed by atoms with Gasteiger partial charge in [0.05, 0.1) is 0 Å². The first kappa shape index (κ1) is 29.5. The van der Waals surface area contributed by atoms with E-state index in [2.05, 4.69) is 93.6 Å². The number of nitrogens with two attached hydrogens (primary N) is 2. The Morgan fingerprint density at radius 3 is 1.10 bits per heavy atom. The second-order valence-electron chi connectivity index (χ2n) is 11.6. The Morgan fingerprint density at radius 1 is 0.425 bits per heavy atom. The van der Waals surface area contributed by atoms with E-state index in [-0.39, 0.29) is 0 Å². The highest BCUT2D eigenvalue weighted by atomic mass is 14.5. The van der Waals surface area contributed by atoms with Crippen molar-refractivity contribution in [1.82, 2.24) is 0 Å². The summed E-state index contributed by atoms with van der Waals surface area (Å²) in [6.45, 7) is 6.84. The van der Waals surface area contributed by atoms with Crippen LogP contribution in [-0.2, 0) is 0 Å². The molecule has 0 amide bonds. The smallest absolute Gasteiger partial charge is 0.0314 e. The fourth-order valence-electron chi connectivity index (χ4n) is 5.82. The van der Waals surface area contributed by atoms with Gasteiger partial charge in [-0.15, -0.1) is 0 Å². The summed E-state index contributed by atoms with van der Waals surface area (Å²) in [6.07, 6.45) is 10.5. The van der Waals surface area contributed by atoms with E-state index < -0.39 is 0 Å². The summed E-state index contributed by atoms with van der Waals surface area (Å²) >= 11 is 0. The Hall–Kier alpha value is -3.52. The van der Waals surface area contributed by atoms with Crippen LogP contribution in [0, 0.1) is 0 Å². The number of anilines is 2. The molecule has 0 saturated carbocycles. The summed E-state index contributed by atoms with van der Waals surface area (Å²) in [5, 5.41) is 0. The minimum Gasteiger partial charge on any atom is -0.399 e. The molecule has 0 aromatic heterocycles. The van der Waals surface area contributed by atoms with Crippen molar-refractivity contribution in [2.45, 2.75) is 89.9 Å². The van der Waals surface area contributed by atoms with E-state index in [0.29, 0.717) is 17.8 Å². The molecule has 0 aliphatic heterocycles. The van der Waals surface area contributed by atoms with Crippen molar-refractivity contribution in [2.75, 3.05) is 11.5 Å². The molecule has 4 rings (SSSR count). The molecule has 210 valence electrons. The molecule has 0 spiro atoms. The van der Waals surface area contributed by atoms with Crippen molar-refractivity contribution >= 4 is 11.4 Å². The lowest BCUT2D eigenvalue weighted by Crippen LogP contribution is -2.04. The van der Waals surface area contributed by atoms with E-state index in [9.17, 15) is 0 Å². The van der Waals surface area contributed by atoms with Crippen molar-refractivity contribution < 1.29 is 0 Å². The molecule has 40 heavy (non-hydrogen) atoms. The van der Waals surface area contributed by atoms with E-state index in [1.807, 2.05) is 24.3 Å². The number of hydrogen-bond donors (Lipinski definition) is 2. The fraction of sp³-hybridized carbons (Fsp3) is 0.368. The molecule has 0 bridgehead atoms. The van der Waals surface area contributed by atoms with Crippen LogP contribution in [-0.4, -0.2) is 0 Å². The van der Waals surface area contributed by atoms with Crippen LogP contribution in [0.5, 0.6) is 0 Å². The topological polar surface area (TPSA) is 52.0 Å². The van der Waals surface area contributed by atoms with Gasteiger partial charge in [-0.1, -0.05) is 139 Å². The maximum atomic E-state index is 5.91. The van der Waals surface area contributed by atoms with Gasteiger partial charge < -0.3 is 11.5 Å². The normalized spacial score (nSPS) is 13.6. The van der Waals surface area contributed by atoms with Crippen LogP contribution in [0.25, 0.3) is 0 Å². The molecule has 0 saturated heterocycles. The standard InChI is InChI=1S/C38H48N2/c1-4-5-6-7-8-9-10-11-38(34-16-12-30(13-17-34)28(2)32-20-24-36(39)25-21-32)35-18-14-31(15-19-35)29(3)33-22-26-37(40)27-23-33/h12-29,38H,4-11,39-40H2,1-3H3. The molecule has 0 aliphatic rings. The van der Waals surface area contributed by atoms with Gasteiger partial charge in [0.25, 0.3) is 0 Å². The summed E-state index contributed by atoms with van der Waals surface area (Å²) < 4.78 is 0. The van der Waals surface area contributed by atoms with Crippen molar-refractivity contribution in [3.63, 3.8) is 0 Å². The van der Waals surface area contributed by atoms with Crippen LogP contribution < -0.4 is 11.5 Å². The van der Waals surface area contributed by atoms with Crippen LogP contribution >= 0.6 is 0 Å².